The molecule has 32 heavy (non-hydrogen) atoms. The van der Waals surface area contributed by atoms with E-state index in [0.29, 0.717) is 5.13 Å². The fraction of sp³-hybridized carbons (Fsp3) is 0.273. The highest BCUT2D eigenvalue weighted by Gasteiger charge is 2.08. The van der Waals surface area contributed by atoms with Gasteiger partial charge in [0.2, 0.25) is 0 Å². The molecular weight excluding hydrogens is 442 g/mol. The van der Waals surface area contributed by atoms with E-state index in [0.717, 1.165) is 52.5 Å². The molecular formula is C22H25N7OS2. The van der Waals surface area contributed by atoms with E-state index in [1.54, 1.807) is 23.9 Å². The lowest BCUT2D eigenvalue weighted by Gasteiger charge is -2.10. The van der Waals surface area contributed by atoms with Crippen LogP contribution in [0.2, 0.25) is 0 Å². The van der Waals surface area contributed by atoms with E-state index in [4.69, 9.17) is 0 Å². The number of rotatable bonds is 9. The lowest BCUT2D eigenvalue weighted by Crippen LogP contribution is -2.19. The van der Waals surface area contributed by atoms with Gasteiger partial charge in [-0.3, -0.25) is 5.32 Å². The molecule has 4 rings (SSSR count). The Kier molecular flexibility index (Phi) is 7.25. The predicted molar refractivity (Wildman–Crippen MR) is 133 cm³/mol. The summed E-state index contributed by atoms with van der Waals surface area (Å²) < 4.78 is 1.06. The molecule has 0 saturated heterocycles. The second kappa shape index (κ2) is 10.5. The van der Waals surface area contributed by atoms with Crippen molar-refractivity contribution in [1.82, 2.24) is 19.9 Å². The first-order valence-corrected chi connectivity index (χ1v) is 11.9. The van der Waals surface area contributed by atoms with E-state index in [-0.39, 0.29) is 6.03 Å². The van der Waals surface area contributed by atoms with Gasteiger partial charge in [-0.05, 0) is 49.7 Å². The van der Waals surface area contributed by atoms with Crippen LogP contribution in [0.4, 0.5) is 21.4 Å². The number of benzene rings is 1. The van der Waals surface area contributed by atoms with Crippen LogP contribution in [0.3, 0.4) is 0 Å². The van der Waals surface area contributed by atoms with Crippen LogP contribution in [0.15, 0.2) is 48.2 Å². The molecule has 0 saturated carbocycles. The number of amides is 2. The number of nitrogens with one attached hydrogen (secondary N) is 3. The summed E-state index contributed by atoms with van der Waals surface area (Å²) in [7, 11) is 4.11. The molecule has 2 amide bonds. The average molecular weight is 468 g/mol. The van der Waals surface area contributed by atoms with Crippen molar-refractivity contribution in [3.63, 3.8) is 0 Å². The van der Waals surface area contributed by atoms with Crippen molar-refractivity contribution in [2.45, 2.75) is 12.8 Å². The maximum atomic E-state index is 12.3. The van der Waals surface area contributed by atoms with Crippen LogP contribution in [0.5, 0.6) is 0 Å². The van der Waals surface area contributed by atoms with Crippen molar-refractivity contribution in [1.29, 1.82) is 0 Å². The first-order valence-electron chi connectivity index (χ1n) is 10.3. The van der Waals surface area contributed by atoms with Gasteiger partial charge in [0, 0.05) is 36.3 Å². The van der Waals surface area contributed by atoms with Gasteiger partial charge in [0.25, 0.3) is 0 Å². The molecule has 0 aliphatic carbocycles. The minimum absolute atomic E-state index is 0.300. The Hall–Kier alpha value is -3.08. The van der Waals surface area contributed by atoms with E-state index in [9.17, 15) is 4.79 Å². The van der Waals surface area contributed by atoms with Gasteiger partial charge in [-0.2, -0.15) is 0 Å². The number of thiazole rings is 1. The smallest absolute Gasteiger partial charge is 0.325 e. The maximum Gasteiger partial charge on any atom is 0.325 e. The molecule has 0 aliphatic heterocycles. The van der Waals surface area contributed by atoms with Gasteiger partial charge in [-0.1, -0.05) is 12.1 Å². The summed E-state index contributed by atoms with van der Waals surface area (Å²) in [5, 5.41) is 11.6. The average Bonchev–Trinajstić information content (AvgIpc) is 3.43. The molecule has 1 aromatic carbocycles. The Bertz CT molecular complexity index is 1170. The van der Waals surface area contributed by atoms with Gasteiger partial charge in [0.05, 0.1) is 10.2 Å². The molecule has 0 aliphatic rings. The number of anilines is 3. The number of hydrogen-bond acceptors (Lipinski definition) is 8. The zero-order valence-electron chi connectivity index (χ0n) is 18.0. The van der Waals surface area contributed by atoms with Crippen LogP contribution >= 0.6 is 22.7 Å². The molecule has 4 aromatic rings. The Labute approximate surface area is 194 Å². The fourth-order valence-electron chi connectivity index (χ4n) is 3.07. The third-order valence-electron chi connectivity index (χ3n) is 4.74. The number of fused-ring (bicyclic) bond motifs is 1. The summed E-state index contributed by atoms with van der Waals surface area (Å²) in [6.07, 6.45) is 5.13. The zero-order valence-corrected chi connectivity index (χ0v) is 19.6. The van der Waals surface area contributed by atoms with Crippen molar-refractivity contribution in [2.75, 3.05) is 43.1 Å². The molecule has 10 heteroatoms. The minimum Gasteiger partial charge on any atom is -0.368 e. The van der Waals surface area contributed by atoms with Gasteiger partial charge in [-0.15, -0.1) is 22.7 Å². The Balaban J connectivity index is 1.24. The summed E-state index contributed by atoms with van der Waals surface area (Å²) in [4.78, 5) is 28.4. The molecule has 3 heterocycles. The standard InChI is InChI=1S/C22H25N7OS2/c1-29(2)11-8-15-3-5-16(6-4-15)27-21(30)28-22-24-13-17(32-22)7-10-23-20-19-18(9-12-31-19)25-14-26-20/h3-6,9,12-14H,7-8,10-11H2,1-2H3,(H,23,25,26)(H2,24,27,28,30). The van der Waals surface area contributed by atoms with Gasteiger partial charge < -0.3 is 15.5 Å². The molecule has 0 spiro atoms. The number of likely N-dealkylation sites (N-methyl/N-ethyl adjacent to an activating group) is 1. The van der Waals surface area contributed by atoms with Gasteiger partial charge in [0.1, 0.15) is 12.1 Å². The summed E-state index contributed by atoms with van der Waals surface area (Å²) in [6.45, 7) is 1.71. The minimum atomic E-state index is -0.300. The second-order valence-corrected chi connectivity index (χ2v) is 9.53. The monoisotopic (exact) mass is 467 g/mol. The van der Waals surface area contributed by atoms with Crippen LogP contribution in [0.1, 0.15) is 10.4 Å². The number of thiophene rings is 1. The molecule has 3 aromatic heterocycles. The van der Waals surface area contributed by atoms with E-state index in [1.807, 2.05) is 35.7 Å². The number of hydrogen-bond donors (Lipinski definition) is 3. The topological polar surface area (TPSA) is 95.1 Å². The van der Waals surface area contributed by atoms with E-state index in [1.165, 1.54) is 16.9 Å². The third kappa shape index (κ3) is 6.00. The molecule has 0 radical (unpaired) electrons. The second-order valence-electron chi connectivity index (χ2n) is 7.50. The maximum absolute atomic E-state index is 12.3. The predicted octanol–water partition coefficient (Wildman–Crippen LogP) is 4.55. The number of aromatic nitrogens is 3. The molecule has 0 bridgehead atoms. The lowest BCUT2D eigenvalue weighted by atomic mass is 10.1. The summed E-state index contributed by atoms with van der Waals surface area (Å²) in [6, 6.07) is 9.59. The van der Waals surface area contributed by atoms with Crippen molar-refractivity contribution in [3.05, 3.63) is 58.7 Å². The van der Waals surface area contributed by atoms with Crippen molar-refractivity contribution < 1.29 is 4.79 Å². The summed E-state index contributed by atoms with van der Waals surface area (Å²) in [5.41, 5.74) is 2.94. The van der Waals surface area contributed by atoms with Crippen LogP contribution < -0.4 is 16.0 Å². The number of carbonyl (C=O) groups excluding carboxylic acids is 1. The zero-order chi connectivity index (χ0) is 22.3. The van der Waals surface area contributed by atoms with Crippen molar-refractivity contribution in [3.8, 4) is 0 Å². The number of carbonyl (C=O) groups is 1. The molecule has 166 valence electrons. The quantitative estimate of drug-likeness (QED) is 0.334. The number of nitrogens with zero attached hydrogens (tertiary/aromatic N) is 4. The van der Waals surface area contributed by atoms with E-state index >= 15 is 0 Å². The van der Waals surface area contributed by atoms with Gasteiger partial charge in [-0.25, -0.2) is 19.7 Å². The van der Waals surface area contributed by atoms with E-state index < -0.39 is 0 Å². The van der Waals surface area contributed by atoms with Crippen LogP contribution in [0.25, 0.3) is 10.2 Å². The lowest BCUT2D eigenvalue weighted by molar-refractivity contribution is 0.262. The molecule has 0 unspecified atom stereocenters. The highest BCUT2D eigenvalue weighted by Crippen LogP contribution is 2.25. The van der Waals surface area contributed by atoms with Gasteiger partial charge >= 0.3 is 6.03 Å². The van der Waals surface area contributed by atoms with Crippen LogP contribution in [-0.2, 0) is 12.8 Å². The van der Waals surface area contributed by atoms with Crippen LogP contribution in [0, 0.1) is 0 Å². The first-order chi connectivity index (χ1) is 15.6. The molecule has 8 nitrogen and oxygen atoms in total. The third-order valence-corrected chi connectivity index (χ3v) is 6.62. The molecule has 0 atom stereocenters. The fourth-order valence-corrected chi connectivity index (χ4v) is 4.68. The largest absolute Gasteiger partial charge is 0.368 e. The summed E-state index contributed by atoms with van der Waals surface area (Å²) >= 11 is 3.09. The SMILES string of the molecule is CN(C)CCc1ccc(NC(=O)Nc2ncc(CCNc3ncnc4ccsc34)s2)cc1. The normalized spacial score (nSPS) is 11.1. The van der Waals surface area contributed by atoms with Crippen molar-refractivity contribution in [2.24, 2.45) is 0 Å². The molecule has 3 N–H and O–H groups in total. The Morgan fingerprint density at radius 1 is 1.03 bits per heavy atom. The van der Waals surface area contributed by atoms with Crippen molar-refractivity contribution >= 4 is 55.6 Å². The molecule has 0 fully saturated rings. The van der Waals surface area contributed by atoms with Crippen LogP contribution in [-0.4, -0.2) is 53.1 Å². The number of urea groups is 1. The summed E-state index contributed by atoms with van der Waals surface area (Å²) in [5.74, 6) is 0.847. The Morgan fingerprint density at radius 2 is 1.88 bits per heavy atom. The highest BCUT2D eigenvalue weighted by atomic mass is 32.1. The van der Waals surface area contributed by atoms with Gasteiger partial charge in [0.15, 0.2) is 5.13 Å². The van der Waals surface area contributed by atoms with E-state index in [2.05, 4.69) is 49.9 Å². The highest BCUT2D eigenvalue weighted by molar-refractivity contribution is 7.17. The Morgan fingerprint density at radius 3 is 2.69 bits per heavy atom. The first kappa shape index (κ1) is 22.1.